The average Bonchev–Trinajstić information content (AvgIpc) is 2.50. The van der Waals surface area contributed by atoms with Crippen molar-refractivity contribution >= 4 is 10.9 Å². The van der Waals surface area contributed by atoms with Crippen molar-refractivity contribution in [2.75, 3.05) is 13.2 Å². The highest BCUT2D eigenvalue weighted by molar-refractivity contribution is 5.78. The molecule has 20 heavy (non-hydrogen) atoms. The van der Waals surface area contributed by atoms with Gasteiger partial charge in [0.25, 0.3) is 0 Å². The molecule has 1 fully saturated rings. The lowest BCUT2D eigenvalue weighted by Gasteiger charge is -2.38. The number of aliphatic hydroxyl groups is 1. The SMILES string of the molecule is C[C@@H]1CCCCN1[C@@H](CO)c1ccc2ccccc2n1. The van der Waals surface area contributed by atoms with Crippen molar-refractivity contribution in [3.05, 3.63) is 42.1 Å². The smallest absolute Gasteiger partial charge is 0.0757 e. The molecule has 3 rings (SSSR count). The van der Waals surface area contributed by atoms with Crippen LogP contribution in [0.5, 0.6) is 0 Å². The van der Waals surface area contributed by atoms with E-state index in [-0.39, 0.29) is 12.6 Å². The molecule has 2 aromatic rings. The number of hydrogen-bond acceptors (Lipinski definition) is 3. The molecule has 1 saturated heterocycles. The maximum absolute atomic E-state index is 9.84. The summed E-state index contributed by atoms with van der Waals surface area (Å²) >= 11 is 0. The summed E-state index contributed by atoms with van der Waals surface area (Å²) in [7, 11) is 0. The molecule has 1 aliphatic rings. The number of rotatable bonds is 3. The zero-order chi connectivity index (χ0) is 13.9. The van der Waals surface area contributed by atoms with Gasteiger partial charge in [0.2, 0.25) is 0 Å². The highest BCUT2D eigenvalue weighted by atomic mass is 16.3. The van der Waals surface area contributed by atoms with Crippen LogP contribution in [-0.4, -0.2) is 34.2 Å². The van der Waals surface area contributed by atoms with E-state index < -0.39 is 0 Å². The van der Waals surface area contributed by atoms with Gasteiger partial charge in [-0.25, -0.2) is 0 Å². The van der Waals surface area contributed by atoms with Gasteiger partial charge >= 0.3 is 0 Å². The first-order valence-electron chi connectivity index (χ1n) is 7.52. The summed E-state index contributed by atoms with van der Waals surface area (Å²) < 4.78 is 0. The molecule has 2 atom stereocenters. The van der Waals surface area contributed by atoms with E-state index in [0.717, 1.165) is 23.1 Å². The molecule has 0 spiro atoms. The van der Waals surface area contributed by atoms with Crippen molar-refractivity contribution < 1.29 is 5.11 Å². The molecule has 0 aliphatic carbocycles. The lowest BCUT2D eigenvalue weighted by molar-refractivity contribution is 0.0623. The molecule has 3 nitrogen and oxygen atoms in total. The van der Waals surface area contributed by atoms with Crippen molar-refractivity contribution in [2.45, 2.75) is 38.3 Å². The van der Waals surface area contributed by atoms with Crippen LogP contribution in [0.1, 0.15) is 37.9 Å². The predicted octanol–water partition coefficient (Wildman–Crippen LogP) is 3.14. The molecular formula is C17H22N2O. The van der Waals surface area contributed by atoms with Gasteiger partial charge in [0.15, 0.2) is 0 Å². The Morgan fingerprint density at radius 2 is 2.10 bits per heavy atom. The van der Waals surface area contributed by atoms with Crippen LogP contribution in [-0.2, 0) is 0 Å². The highest BCUT2D eigenvalue weighted by Crippen LogP contribution is 2.28. The minimum Gasteiger partial charge on any atom is -0.394 e. The zero-order valence-corrected chi connectivity index (χ0v) is 12.0. The second-order valence-electron chi connectivity index (χ2n) is 5.71. The molecule has 1 N–H and O–H groups in total. The lowest BCUT2D eigenvalue weighted by Crippen LogP contribution is -2.42. The van der Waals surface area contributed by atoms with Gasteiger partial charge in [-0.3, -0.25) is 9.88 Å². The summed E-state index contributed by atoms with van der Waals surface area (Å²) in [5.41, 5.74) is 1.99. The van der Waals surface area contributed by atoms with E-state index in [2.05, 4.69) is 30.0 Å². The minimum atomic E-state index is 0.0231. The molecule has 0 radical (unpaired) electrons. The Balaban J connectivity index is 1.93. The third kappa shape index (κ3) is 2.56. The number of benzene rings is 1. The first kappa shape index (κ1) is 13.5. The van der Waals surface area contributed by atoms with Crippen LogP contribution < -0.4 is 0 Å². The fourth-order valence-electron chi connectivity index (χ4n) is 3.22. The Bertz CT molecular complexity index is 584. The second kappa shape index (κ2) is 5.90. The summed E-state index contributed by atoms with van der Waals surface area (Å²) in [6.07, 6.45) is 3.72. The third-order valence-electron chi connectivity index (χ3n) is 4.39. The van der Waals surface area contributed by atoms with Crippen molar-refractivity contribution in [1.29, 1.82) is 0 Å². The Hall–Kier alpha value is -1.45. The van der Waals surface area contributed by atoms with E-state index >= 15 is 0 Å². The Labute approximate surface area is 120 Å². The quantitative estimate of drug-likeness (QED) is 0.931. The number of likely N-dealkylation sites (tertiary alicyclic amines) is 1. The van der Waals surface area contributed by atoms with Gasteiger partial charge in [-0.2, -0.15) is 0 Å². The molecule has 0 unspecified atom stereocenters. The Morgan fingerprint density at radius 1 is 1.25 bits per heavy atom. The van der Waals surface area contributed by atoms with Crippen molar-refractivity contribution in [3.63, 3.8) is 0 Å². The molecule has 1 aliphatic heterocycles. The number of fused-ring (bicyclic) bond motifs is 1. The molecule has 0 saturated carbocycles. The molecule has 0 bridgehead atoms. The zero-order valence-electron chi connectivity index (χ0n) is 12.0. The number of pyridine rings is 1. The molecule has 0 amide bonds. The largest absolute Gasteiger partial charge is 0.394 e. The highest BCUT2D eigenvalue weighted by Gasteiger charge is 2.27. The Kier molecular flexibility index (Phi) is 3.99. The van der Waals surface area contributed by atoms with E-state index in [1.54, 1.807) is 0 Å². The van der Waals surface area contributed by atoms with Crippen molar-refractivity contribution in [1.82, 2.24) is 9.88 Å². The number of hydrogen-bond donors (Lipinski definition) is 1. The summed E-state index contributed by atoms with van der Waals surface area (Å²) in [5, 5.41) is 11.0. The fraction of sp³-hybridized carbons (Fsp3) is 0.471. The van der Waals surface area contributed by atoms with E-state index in [9.17, 15) is 5.11 Å². The van der Waals surface area contributed by atoms with Crippen molar-refractivity contribution in [3.8, 4) is 0 Å². The fourth-order valence-corrected chi connectivity index (χ4v) is 3.22. The summed E-state index contributed by atoms with van der Waals surface area (Å²) in [6.45, 7) is 3.44. The molecule has 106 valence electrons. The van der Waals surface area contributed by atoms with Gasteiger partial charge in [-0.1, -0.05) is 30.7 Å². The van der Waals surface area contributed by atoms with Gasteiger partial charge in [0.1, 0.15) is 0 Å². The molecular weight excluding hydrogens is 248 g/mol. The first-order valence-corrected chi connectivity index (χ1v) is 7.52. The predicted molar refractivity (Wildman–Crippen MR) is 81.6 cm³/mol. The molecule has 1 aromatic carbocycles. The number of piperidine rings is 1. The van der Waals surface area contributed by atoms with Crippen molar-refractivity contribution in [2.24, 2.45) is 0 Å². The maximum atomic E-state index is 9.84. The summed E-state index contributed by atoms with van der Waals surface area (Å²) in [4.78, 5) is 7.16. The number of nitrogens with zero attached hydrogens (tertiary/aromatic N) is 2. The Morgan fingerprint density at radius 3 is 2.90 bits per heavy atom. The van der Waals surface area contributed by atoms with E-state index in [1.165, 1.54) is 19.3 Å². The van der Waals surface area contributed by atoms with Crippen LogP contribution in [0.4, 0.5) is 0 Å². The lowest BCUT2D eigenvalue weighted by atomic mass is 9.99. The number of para-hydroxylation sites is 1. The maximum Gasteiger partial charge on any atom is 0.0757 e. The van der Waals surface area contributed by atoms with Gasteiger partial charge < -0.3 is 5.11 Å². The second-order valence-corrected chi connectivity index (χ2v) is 5.71. The monoisotopic (exact) mass is 270 g/mol. The van der Waals surface area contributed by atoms with E-state index in [4.69, 9.17) is 4.98 Å². The average molecular weight is 270 g/mol. The minimum absolute atomic E-state index is 0.0231. The van der Waals surface area contributed by atoms with Crippen LogP contribution in [0.3, 0.4) is 0 Å². The topological polar surface area (TPSA) is 36.4 Å². The molecule has 3 heteroatoms. The van der Waals surface area contributed by atoms with Gasteiger partial charge in [0.05, 0.1) is 23.9 Å². The molecule has 1 aromatic heterocycles. The summed E-state index contributed by atoms with van der Waals surface area (Å²) in [5.74, 6) is 0. The van der Waals surface area contributed by atoms with E-state index in [1.807, 2.05) is 18.2 Å². The standard InChI is InChI=1S/C17H22N2O/c1-13-6-4-5-11-19(13)17(12-20)16-10-9-14-7-2-3-8-15(14)18-16/h2-3,7-10,13,17,20H,4-6,11-12H2,1H3/t13-,17+/m1/s1. The van der Waals surface area contributed by atoms with Gasteiger partial charge in [0, 0.05) is 11.4 Å². The van der Waals surface area contributed by atoms with Gasteiger partial charge in [-0.05, 0) is 38.4 Å². The van der Waals surface area contributed by atoms with E-state index in [0.29, 0.717) is 6.04 Å². The first-order chi connectivity index (χ1) is 9.79. The number of aromatic nitrogens is 1. The third-order valence-corrected chi connectivity index (χ3v) is 4.39. The van der Waals surface area contributed by atoms with Crippen LogP contribution >= 0.6 is 0 Å². The summed E-state index contributed by atoms with van der Waals surface area (Å²) in [6, 6.07) is 12.9. The number of aliphatic hydroxyl groups excluding tert-OH is 1. The van der Waals surface area contributed by atoms with Crippen LogP contribution in [0.2, 0.25) is 0 Å². The van der Waals surface area contributed by atoms with Crippen LogP contribution in [0.25, 0.3) is 10.9 Å². The molecule has 2 heterocycles. The van der Waals surface area contributed by atoms with Gasteiger partial charge in [-0.15, -0.1) is 0 Å². The van der Waals surface area contributed by atoms with Crippen LogP contribution in [0, 0.1) is 0 Å². The normalized spacial score (nSPS) is 22.0. The van der Waals surface area contributed by atoms with Crippen LogP contribution in [0.15, 0.2) is 36.4 Å².